The number of nitrogens with zero attached hydrogens (tertiary/aromatic N) is 2. The maximum Gasteiger partial charge on any atom is 0.254 e. The average molecular weight is 392 g/mol. The minimum atomic E-state index is -0.223. The summed E-state index contributed by atoms with van der Waals surface area (Å²) in [5.41, 5.74) is 3.28. The fourth-order valence-corrected chi connectivity index (χ4v) is 2.87. The van der Waals surface area contributed by atoms with Crippen molar-refractivity contribution in [2.45, 2.75) is 13.3 Å². The van der Waals surface area contributed by atoms with Crippen LogP contribution in [0.5, 0.6) is 11.5 Å². The second-order valence-electron chi connectivity index (χ2n) is 6.44. The number of ether oxygens (including phenoxy) is 2. The molecule has 3 aromatic rings. The van der Waals surface area contributed by atoms with Crippen LogP contribution in [-0.2, 0) is 6.42 Å². The first-order chi connectivity index (χ1) is 14.1. The molecule has 1 heterocycles. The topological polar surface area (TPSA) is 85.4 Å². The Balaban J connectivity index is 1.58. The van der Waals surface area contributed by atoms with E-state index in [2.05, 4.69) is 20.6 Å². The van der Waals surface area contributed by atoms with Crippen molar-refractivity contribution < 1.29 is 14.3 Å². The van der Waals surface area contributed by atoms with E-state index in [-0.39, 0.29) is 5.91 Å². The normalized spacial score (nSPS) is 10.3. The van der Waals surface area contributed by atoms with Crippen LogP contribution in [0.4, 0.5) is 11.6 Å². The number of anilines is 2. The molecule has 2 N–H and O–H groups in total. The number of amides is 1. The molecule has 0 atom stereocenters. The van der Waals surface area contributed by atoms with Crippen LogP contribution in [0.2, 0.25) is 0 Å². The third-order valence-corrected chi connectivity index (χ3v) is 4.39. The molecule has 150 valence electrons. The van der Waals surface area contributed by atoms with E-state index in [0.29, 0.717) is 30.2 Å². The van der Waals surface area contributed by atoms with Gasteiger partial charge in [-0.05, 0) is 42.7 Å². The quantitative estimate of drug-likeness (QED) is 0.610. The zero-order chi connectivity index (χ0) is 20.6. The predicted molar refractivity (Wildman–Crippen MR) is 112 cm³/mol. The molecule has 0 saturated carbocycles. The highest BCUT2D eigenvalue weighted by Gasteiger charge is 2.09. The molecule has 0 bridgehead atoms. The molecule has 7 nitrogen and oxygen atoms in total. The number of aromatic nitrogens is 2. The average Bonchev–Trinajstić information content (AvgIpc) is 2.74. The number of aryl methyl sites for hydroxylation is 1. The van der Waals surface area contributed by atoms with Crippen LogP contribution in [0, 0.1) is 6.92 Å². The van der Waals surface area contributed by atoms with Crippen LogP contribution in [-0.4, -0.2) is 36.6 Å². The van der Waals surface area contributed by atoms with Gasteiger partial charge in [0.05, 0.1) is 25.5 Å². The summed E-state index contributed by atoms with van der Waals surface area (Å²) in [5, 5.41) is 5.99. The Labute approximate surface area is 170 Å². The van der Waals surface area contributed by atoms with Gasteiger partial charge in [-0.15, -0.1) is 0 Å². The van der Waals surface area contributed by atoms with Gasteiger partial charge in [0, 0.05) is 18.9 Å². The van der Waals surface area contributed by atoms with Crippen molar-refractivity contribution in [2.24, 2.45) is 0 Å². The Morgan fingerprint density at radius 1 is 1.00 bits per heavy atom. The van der Waals surface area contributed by atoms with E-state index in [4.69, 9.17) is 9.47 Å². The number of nitrogens with one attached hydrogen (secondary N) is 2. The molecule has 29 heavy (non-hydrogen) atoms. The predicted octanol–water partition coefficient (Wildman–Crippen LogP) is 3.52. The first kappa shape index (κ1) is 20.1. The standard InChI is InChI=1S/C22H24N4O3/c1-15-8-9-20(29-3)18(12-15)26-22-24-13-17(14-25-22)21(27)23-11-10-16-6-4-5-7-19(16)28-2/h4-9,12-14H,10-11H2,1-3H3,(H,23,27)(H,24,25,26). The first-order valence-corrected chi connectivity index (χ1v) is 9.24. The molecule has 0 spiro atoms. The second kappa shape index (κ2) is 9.54. The fourth-order valence-electron chi connectivity index (χ4n) is 2.87. The Bertz CT molecular complexity index is 974. The van der Waals surface area contributed by atoms with Gasteiger partial charge in [0.25, 0.3) is 5.91 Å². The number of hydrogen-bond acceptors (Lipinski definition) is 6. The second-order valence-corrected chi connectivity index (χ2v) is 6.44. The van der Waals surface area contributed by atoms with Gasteiger partial charge in [0.1, 0.15) is 11.5 Å². The van der Waals surface area contributed by atoms with Crippen molar-refractivity contribution in [3.63, 3.8) is 0 Å². The number of benzene rings is 2. The van der Waals surface area contributed by atoms with Gasteiger partial charge in [0.15, 0.2) is 0 Å². The highest BCUT2D eigenvalue weighted by atomic mass is 16.5. The van der Waals surface area contributed by atoms with E-state index >= 15 is 0 Å². The lowest BCUT2D eigenvalue weighted by Crippen LogP contribution is -2.26. The van der Waals surface area contributed by atoms with Crippen molar-refractivity contribution >= 4 is 17.5 Å². The molecule has 0 saturated heterocycles. The molecule has 7 heteroatoms. The minimum absolute atomic E-state index is 0.223. The van der Waals surface area contributed by atoms with Gasteiger partial charge in [-0.3, -0.25) is 4.79 Å². The highest BCUT2D eigenvalue weighted by Crippen LogP contribution is 2.27. The molecule has 0 unspecified atom stereocenters. The van der Waals surface area contributed by atoms with Crippen LogP contribution >= 0.6 is 0 Å². The lowest BCUT2D eigenvalue weighted by Gasteiger charge is -2.11. The van der Waals surface area contributed by atoms with E-state index in [1.807, 2.05) is 49.4 Å². The van der Waals surface area contributed by atoms with Gasteiger partial charge >= 0.3 is 0 Å². The SMILES string of the molecule is COc1ccccc1CCNC(=O)c1cnc(Nc2cc(C)ccc2OC)nc1. The zero-order valence-electron chi connectivity index (χ0n) is 16.7. The molecule has 1 amide bonds. The molecule has 0 fully saturated rings. The summed E-state index contributed by atoms with van der Waals surface area (Å²) in [7, 11) is 3.24. The van der Waals surface area contributed by atoms with Gasteiger partial charge in [0.2, 0.25) is 5.95 Å². The van der Waals surface area contributed by atoms with E-state index in [1.165, 1.54) is 12.4 Å². The molecule has 0 aliphatic carbocycles. The van der Waals surface area contributed by atoms with Crippen molar-refractivity contribution in [2.75, 3.05) is 26.1 Å². The van der Waals surface area contributed by atoms with E-state index < -0.39 is 0 Å². The smallest absolute Gasteiger partial charge is 0.254 e. The Morgan fingerprint density at radius 2 is 1.72 bits per heavy atom. The van der Waals surface area contributed by atoms with E-state index in [0.717, 1.165) is 22.6 Å². The molecular formula is C22H24N4O3. The van der Waals surface area contributed by atoms with Crippen LogP contribution in [0.3, 0.4) is 0 Å². The molecule has 2 aromatic carbocycles. The lowest BCUT2D eigenvalue weighted by atomic mass is 10.1. The highest BCUT2D eigenvalue weighted by molar-refractivity contribution is 5.93. The maximum absolute atomic E-state index is 12.3. The van der Waals surface area contributed by atoms with E-state index in [9.17, 15) is 4.79 Å². The molecular weight excluding hydrogens is 368 g/mol. The number of hydrogen-bond donors (Lipinski definition) is 2. The largest absolute Gasteiger partial charge is 0.496 e. The van der Waals surface area contributed by atoms with Gasteiger partial charge < -0.3 is 20.1 Å². The Kier molecular flexibility index (Phi) is 6.63. The molecule has 0 aliphatic rings. The first-order valence-electron chi connectivity index (χ1n) is 9.24. The van der Waals surface area contributed by atoms with E-state index in [1.54, 1.807) is 14.2 Å². The van der Waals surface area contributed by atoms with Crippen molar-refractivity contribution in [3.05, 3.63) is 71.5 Å². The Hall–Kier alpha value is -3.61. The summed E-state index contributed by atoms with van der Waals surface area (Å²) < 4.78 is 10.7. The van der Waals surface area contributed by atoms with Crippen molar-refractivity contribution in [1.29, 1.82) is 0 Å². The number of methoxy groups -OCH3 is 2. The third-order valence-electron chi connectivity index (χ3n) is 4.39. The monoisotopic (exact) mass is 392 g/mol. The van der Waals surface area contributed by atoms with Crippen molar-refractivity contribution in [3.8, 4) is 11.5 Å². The zero-order valence-corrected chi connectivity index (χ0v) is 16.7. The summed E-state index contributed by atoms with van der Waals surface area (Å²) in [6.45, 7) is 2.48. The summed E-state index contributed by atoms with van der Waals surface area (Å²) in [5.74, 6) is 1.67. The van der Waals surface area contributed by atoms with Gasteiger partial charge in [-0.1, -0.05) is 24.3 Å². The van der Waals surface area contributed by atoms with Crippen LogP contribution in [0.25, 0.3) is 0 Å². The van der Waals surface area contributed by atoms with Crippen LogP contribution in [0.15, 0.2) is 54.9 Å². The summed E-state index contributed by atoms with van der Waals surface area (Å²) >= 11 is 0. The summed E-state index contributed by atoms with van der Waals surface area (Å²) in [6, 6.07) is 13.5. The lowest BCUT2D eigenvalue weighted by molar-refractivity contribution is 0.0953. The molecule has 1 aromatic heterocycles. The molecule has 3 rings (SSSR count). The maximum atomic E-state index is 12.3. The number of carbonyl (C=O) groups is 1. The number of rotatable bonds is 8. The minimum Gasteiger partial charge on any atom is -0.496 e. The van der Waals surface area contributed by atoms with Crippen LogP contribution in [0.1, 0.15) is 21.5 Å². The van der Waals surface area contributed by atoms with Crippen LogP contribution < -0.4 is 20.1 Å². The fraction of sp³-hybridized carbons (Fsp3) is 0.227. The van der Waals surface area contributed by atoms with Crippen molar-refractivity contribution in [1.82, 2.24) is 15.3 Å². The summed E-state index contributed by atoms with van der Waals surface area (Å²) in [6.07, 6.45) is 3.66. The Morgan fingerprint density at radius 3 is 2.45 bits per heavy atom. The molecule has 0 radical (unpaired) electrons. The van der Waals surface area contributed by atoms with Gasteiger partial charge in [-0.2, -0.15) is 0 Å². The van der Waals surface area contributed by atoms with Gasteiger partial charge in [-0.25, -0.2) is 9.97 Å². The molecule has 0 aliphatic heterocycles. The number of carbonyl (C=O) groups excluding carboxylic acids is 1. The summed E-state index contributed by atoms with van der Waals surface area (Å²) in [4.78, 5) is 20.8. The number of para-hydroxylation sites is 1. The third kappa shape index (κ3) is 5.22.